The predicted molar refractivity (Wildman–Crippen MR) is 83.3 cm³/mol. The van der Waals surface area contributed by atoms with E-state index < -0.39 is 0 Å². The molecule has 100 valence electrons. The van der Waals surface area contributed by atoms with Gasteiger partial charge in [0, 0.05) is 16.1 Å². The summed E-state index contributed by atoms with van der Waals surface area (Å²) >= 11 is 15.5. The van der Waals surface area contributed by atoms with Crippen molar-refractivity contribution in [3.8, 4) is 11.5 Å². The van der Waals surface area contributed by atoms with E-state index >= 15 is 0 Å². The summed E-state index contributed by atoms with van der Waals surface area (Å²) < 4.78 is 6.74. The molecule has 0 aliphatic heterocycles. The van der Waals surface area contributed by atoms with Gasteiger partial charge in [0.1, 0.15) is 16.5 Å². The van der Waals surface area contributed by atoms with Gasteiger partial charge >= 0.3 is 0 Å². The number of benzene rings is 2. The maximum absolute atomic E-state index is 6.11. The molecule has 0 radical (unpaired) electrons. The summed E-state index contributed by atoms with van der Waals surface area (Å²) in [5.41, 5.74) is 6.83. The molecule has 19 heavy (non-hydrogen) atoms. The third kappa shape index (κ3) is 3.42. The molecular formula is C14H12BrCl2NO. The van der Waals surface area contributed by atoms with Gasteiger partial charge in [0.15, 0.2) is 0 Å². The zero-order valence-corrected chi connectivity index (χ0v) is 13.3. The minimum atomic E-state index is -0.138. The molecule has 2 nitrogen and oxygen atoms in total. The molecule has 0 aliphatic rings. The van der Waals surface area contributed by atoms with Gasteiger partial charge in [0.05, 0.1) is 5.02 Å². The molecule has 1 atom stereocenters. The Hall–Kier alpha value is -0.740. The highest BCUT2D eigenvalue weighted by molar-refractivity contribution is 9.10. The van der Waals surface area contributed by atoms with Crippen LogP contribution in [0.15, 0.2) is 40.9 Å². The van der Waals surface area contributed by atoms with Crippen molar-refractivity contribution in [2.75, 3.05) is 0 Å². The molecule has 2 rings (SSSR count). The van der Waals surface area contributed by atoms with E-state index in [-0.39, 0.29) is 6.04 Å². The number of ether oxygens (including phenoxy) is 1. The van der Waals surface area contributed by atoms with Crippen molar-refractivity contribution in [2.45, 2.75) is 13.0 Å². The molecular weight excluding hydrogens is 349 g/mol. The summed E-state index contributed by atoms with van der Waals surface area (Å²) in [6, 6.07) is 10.8. The first kappa shape index (κ1) is 14.7. The van der Waals surface area contributed by atoms with Crippen LogP contribution < -0.4 is 10.5 Å². The van der Waals surface area contributed by atoms with Gasteiger partial charge in [0.25, 0.3) is 0 Å². The third-order valence-electron chi connectivity index (χ3n) is 2.60. The highest BCUT2D eigenvalue weighted by atomic mass is 79.9. The Morgan fingerprint density at radius 3 is 2.58 bits per heavy atom. The molecule has 0 saturated carbocycles. The van der Waals surface area contributed by atoms with Gasteiger partial charge in [-0.3, -0.25) is 0 Å². The highest BCUT2D eigenvalue weighted by Crippen LogP contribution is 2.37. The molecule has 0 aliphatic carbocycles. The lowest BCUT2D eigenvalue weighted by molar-refractivity contribution is 0.472. The van der Waals surface area contributed by atoms with Crippen LogP contribution in [0.2, 0.25) is 10.0 Å². The molecule has 2 aromatic carbocycles. The van der Waals surface area contributed by atoms with E-state index in [0.717, 1.165) is 10.0 Å². The molecule has 0 fully saturated rings. The number of rotatable bonds is 3. The standard InChI is InChI=1S/C14H12BrCl2NO/c1-8(18)10-6-5-9(15)7-13(10)19-12-4-2-3-11(16)14(12)17/h2-8H,18H2,1H3. The van der Waals surface area contributed by atoms with E-state index in [1.807, 2.05) is 25.1 Å². The first-order chi connectivity index (χ1) is 8.99. The third-order valence-corrected chi connectivity index (χ3v) is 3.90. The quantitative estimate of drug-likeness (QED) is 0.776. The van der Waals surface area contributed by atoms with Crippen LogP contribution in [0.3, 0.4) is 0 Å². The Bertz CT molecular complexity index is 602. The summed E-state index contributed by atoms with van der Waals surface area (Å²) in [5.74, 6) is 1.17. The van der Waals surface area contributed by atoms with E-state index in [1.54, 1.807) is 18.2 Å². The second kappa shape index (κ2) is 6.14. The van der Waals surface area contributed by atoms with Gasteiger partial charge in [-0.25, -0.2) is 0 Å². The van der Waals surface area contributed by atoms with Gasteiger partial charge in [-0.2, -0.15) is 0 Å². The molecule has 0 heterocycles. The summed E-state index contributed by atoms with van der Waals surface area (Å²) in [6.45, 7) is 1.90. The number of halogens is 3. The number of nitrogens with two attached hydrogens (primary N) is 1. The van der Waals surface area contributed by atoms with Crippen molar-refractivity contribution in [1.29, 1.82) is 0 Å². The van der Waals surface area contributed by atoms with Gasteiger partial charge in [-0.15, -0.1) is 0 Å². The van der Waals surface area contributed by atoms with Crippen LogP contribution in [0.4, 0.5) is 0 Å². The largest absolute Gasteiger partial charge is 0.455 e. The first-order valence-corrected chi connectivity index (χ1v) is 7.21. The fourth-order valence-electron chi connectivity index (χ4n) is 1.65. The average molecular weight is 361 g/mol. The van der Waals surface area contributed by atoms with Crippen LogP contribution in [0.25, 0.3) is 0 Å². The maximum Gasteiger partial charge on any atom is 0.147 e. The summed E-state index contributed by atoms with van der Waals surface area (Å²) in [5, 5.41) is 0.844. The molecule has 5 heteroatoms. The second-order valence-corrected chi connectivity index (χ2v) is 5.83. The minimum absolute atomic E-state index is 0.138. The lowest BCUT2D eigenvalue weighted by atomic mass is 10.1. The van der Waals surface area contributed by atoms with Gasteiger partial charge in [0.2, 0.25) is 0 Å². The summed E-state index contributed by atoms with van der Waals surface area (Å²) in [4.78, 5) is 0. The second-order valence-electron chi connectivity index (χ2n) is 4.12. The Kier molecular flexibility index (Phi) is 4.74. The van der Waals surface area contributed by atoms with Crippen molar-refractivity contribution in [3.05, 3.63) is 56.5 Å². The molecule has 2 N–H and O–H groups in total. The van der Waals surface area contributed by atoms with Crippen molar-refractivity contribution < 1.29 is 4.74 Å². The fraction of sp³-hybridized carbons (Fsp3) is 0.143. The molecule has 0 amide bonds. The van der Waals surface area contributed by atoms with Gasteiger partial charge < -0.3 is 10.5 Å². The van der Waals surface area contributed by atoms with Crippen molar-refractivity contribution in [3.63, 3.8) is 0 Å². The monoisotopic (exact) mass is 359 g/mol. The molecule has 0 spiro atoms. The maximum atomic E-state index is 6.11. The Morgan fingerprint density at radius 1 is 1.16 bits per heavy atom. The van der Waals surface area contributed by atoms with E-state index in [0.29, 0.717) is 21.5 Å². The highest BCUT2D eigenvalue weighted by Gasteiger charge is 2.12. The van der Waals surface area contributed by atoms with E-state index in [4.69, 9.17) is 33.7 Å². The van der Waals surface area contributed by atoms with Crippen molar-refractivity contribution in [1.82, 2.24) is 0 Å². The lowest BCUT2D eigenvalue weighted by Gasteiger charge is -2.15. The zero-order chi connectivity index (χ0) is 14.0. The van der Waals surface area contributed by atoms with Crippen molar-refractivity contribution in [2.24, 2.45) is 5.73 Å². The summed E-state index contributed by atoms with van der Waals surface area (Å²) in [7, 11) is 0. The predicted octanol–water partition coefficient (Wildman–Crippen LogP) is 5.57. The van der Waals surface area contributed by atoms with Gasteiger partial charge in [-0.05, 0) is 31.2 Å². The van der Waals surface area contributed by atoms with E-state index in [2.05, 4.69) is 15.9 Å². The smallest absolute Gasteiger partial charge is 0.147 e. The van der Waals surface area contributed by atoms with Crippen LogP contribution in [-0.4, -0.2) is 0 Å². The SMILES string of the molecule is CC(N)c1ccc(Br)cc1Oc1cccc(Cl)c1Cl. The molecule has 0 aromatic heterocycles. The Labute approximate surface area is 130 Å². The van der Waals surface area contributed by atoms with Crippen LogP contribution in [0.5, 0.6) is 11.5 Å². The topological polar surface area (TPSA) is 35.2 Å². The normalized spacial score (nSPS) is 12.3. The van der Waals surface area contributed by atoms with E-state index in [9.17, 15) is 0 Å². The van der Waals surface area contributed by atoms with Crippen LogP contribution in [0, 0.1) is 0 Å². The van der Waals surface area contributed by atoms with Crippen LogP contribution >= 0.6 is 39.1 Å². The molecule has 2 aromatic rings. The summed E-state index contributed by atoms with van der Waals surface area (Å²) in [6.07, 6.45) is 0. The molecule has 1 unspecified atom stereocenters. The van der Waals surface area contributed by atoms with Crippen LogP contribution in [0.1, 0.15) is 18.5 Å². The first-order valence-electron chi connectivity index (χ1n) is 5.66. The molecule has 0 bridgehead atoms. The molecule has 0 saturated heterocycles. The van der Waals surface area contributed by atoms with Gasteiger partial charge in [-0.1, -0.05) is 51.3 Å². The van der Waals surface area contributed by atoms with E-state index in [1.165, 1.54) is 0 Å². The van der Waals surface area contributed by atoms with Crippen molar-refractivity contribution >= 4 is 39.1 Å². The lowest BCUT2D eigenvalue weighted by Crippen LogP contribution is -2.06. The average Bonchev–Trinajstić information content (AvgIpc) is 2.35. The Balaban J connectivity index is 2.42. The fourth-order valence-corrected chi connectivity index (χ4v) is 2.32. The minimum Gasteiger partial charge on any atom is -0.455 e. The zero-order valence-electron chi connectivity index (χ0n) is 10.2. The number of hydrogen-bond acceptors (Lipinski definition) is 2. The Morgan fingerprint density at radius 2 is 1.89 bits per heavy atom. The van der Waals surface area contributed by atoms with Crippen LogP contribution in [-0.2, 0) is 0 Å². The number of hydrogen-bond donors (Lipinski definition) is 1.